The lowest BCUT2D eigenvalue weighted by Crippen LogP contribution is -2.40. The number of anilines is 2. The molecule has 0 saturated carbocycles. The van der Waals surface area contributed by atoms with Crippen LogP contribution in [-0.2, 0) is 16.0 Å². The molecule has 2 N–H and O–H groups in total. The number of fused-ring (bicyclic) bond motifs is 1. The topological polar surface area (TPSA) is 107 Å². The lowest BCUT2D eigenvalue weighted by Gasteiger charge is -2.30. The molecule has 0 atom stereocenters. The molecule has 202 valence electrons. The number of para-hydroxylation sites is 1. The van der Waals surface area contributed by atoms with Gasteiger partial charge in [-0.2, -0.15) is 20.1 Å². The van der Waals surface area contributed by atoms with Crippen LogP contribution in [0.15, 0.2) is 53.8 Å². The van der Waals surface area contributed by atoms with E-state index in [9.17, 15) is 0 Å². The van der Waals surface area contributed by atoms with Gasteiger partial charge in [-0.1, -0.05) is 47.5 Å². The molecule has 0 radical (unpaired) electrons. The second-order valence-electron chi connectivity index (χ2n) is 9.36. The van der Waals surface area contributed by atoms with Gasteiger partial charge in [0.05, 0.1) is 26.4 Å². The molecule has 2 aliphatic rings. The van der Waals surface area contributed by atoms with E-state index in [2.05, 4.69) is 25.5 Å². The Balaban J connectivity index is 1.44. The van der Waals surface area contributed by atoms with Gasteiger partial charge in [0.15, 0.2) is 5.82 Å². The Hall–Kier alpha value is -3.44. The summed E-state index contributed by atoms with van der Waals surface area (Å²) in [6, 6.07) is 13.6. The third-order valence-corrected chi connectivity index (χ3v) is 7.53. The molecule has 39 heavy (non-hydrogen) atoms. The zero-order valence-corrected chi connectivity index (χ0v) is 22.8. The van der Waals surface area contributed by atoms with Gasteiger partial charge in [-0.15, -0.1) is 0 Å². The first-order valence-electron chi connectivity index (χ1n) is 12.8. The number of morpholine rings is 2. The lowest BCUT2D eigenvalue weighted by atomic mass is 10.1. The molecule has 6 rings (SSSR count). The van der Waals surface area contributed by atoms with Gasteiger partial charge in [0.25, 0.3) is 0 Å². The summed E-state index contributed by atoms with van der Waals surface area (Å²) in [6.45, 7) is 5.80. The van der Waals surface area contributed by atoms with Crippen molar-refractivity contribution < 1.29 is 9.47 Å². The Morgan fingerprint density at radius 2 is 1.51 bits per heavy atom. The summed E-state index contributed by atoms with van der Waals surface area (Å²) >= 11 is 12.6. The molecule has 2 aromatic carbocycles. The number of hydrogen-bond donors (Lipinski definition) is 1. The van der Waals surface area contributed by atoms with Crippen molar-refractivity contribution >= 4 is 51.7 Å². The van der Waals surface area contributed by atoms with E-state index >= 15 is 0 Å². The Labute approximate surface area is 236 Å². The Morgan fingerprint density at radius 3 is 2.13 bits per heavy atom. The van der Waals surface area contributed by atoms with Gasteiger partial charge >= 0.3 is 0 Å². The number of hydrogen-bond acceptors (Lipinski definition) is 9. The molecule has 0 unspecified atom stereocenters. The summed E-state index contributed by atoms with van der Waals surface area (Å²) in [7, 11) is 0. The molecular formula is C27H28Cl2N8O2. The molecule has 0 spiro atoms. The summed E-state index contributed by atoms with van der Waals surface area (Å²) in [5, 5.41) is 6.41. The number of nitrogens with two attached hydrogens (primary N) is 1. The highest BCUT2D eigenvalue weighted by atomic mass is 35.5. The normalized spacial score (nSPS) is 16.7. The summed E-state index contributed by atoms with van der Waals surface area (Å²) in [4.78, 5) is 18.8. The van der Waals surface area contributed by atoms with E-state index in [-0.39, 0.29) is 0 Å². The molecule has 2 aromatic heterocycles. The molecule has 2 fully saturated rings. The van der Waals surface area contributed by atoms with Gasteiger partial charge in [0.1, 0.15) is 5.71 Å². The average Bonchev–Trinajstić information content (AvgIpc) is 3.33. The average molecular weight is 567 g/mol. The Morgan fingerprint density at radius 1 is 0.872 bits per heavy atom. The quantitative estimate of drug-likeness (QED) is 0.214. The maximum Gasteiger partial charge on any atom is 0.230 e. The van der Waals surface area contributed by atoms with E-state index in [0.717, 1.165) is 22.0 Å². The van der Waals surface area contributed by atoms with Crippen molar-refractivity contribution in [2.45, 2.75) is 6.54 Å². The molecular weight excluding hydrogens is 539 g/mol. The minimum absolute atomic E-state index is 0.419. The van der Waals surface area contributed by atoms with Crippen LogP contribution in [-0.4, -0.2) is 77.8 Å². The first kappa shape index (κ1) is 25.8. The third kappa shape index (κ3) is 5.38. The van der Waals surface area contributed by atoms with Gasteiger partial charge in [-0.05, 0) is 23.8 Å². The van der Waals surface area contributed by atoms with Gasteiger partial charge in [-0.25, -0.2) is 0 Å². The van der Waals surface area contributed by atoms with Crippen molar-refractivity contribution in [1.29, 1.82) is 0 Å². The molecule has 4 aromatic rings. The minimum atomic E-state index is 0.419. The maximum atomic E-state index is 6.51. The van der Waals surface area contributed by atoms with Gasteiger partial charge in [-0.3, -0.25) is 0 Å². The monoisotopic (exact) mass is 566 g/mol. The highest BCUT2D eigenvalue weighted by Gasteiger charge is 2.25. The number of nitrogens with zero attached hydrogens (tertiary/aromatic N) is 7. The predicted octanol–water partition coefficient (Wildman–Crippen LogP) is 3.57. The fourth-order valence-corrected chi connectivity index (χ4v) is 5.39. The SMILES string of the molecule is NN=C(c1nc(N2CCOCC2)nc(N2CCOCC2)n1)c1cn(Cc2ccc(Cl)cc2Cl)c2ccccc12. The van der Waals surface area contributed by atoms with Crippen LogP contribution in [0.1, 0.15) is 17.0 Å². The summed E-state index contributed by atoms with van der Waals surface area (Å²) in [5.74, 6) is 7.65. The van der Waals surface area contributed by atoms with Crippen molar-refractivity contribution in [1.82, 2.24) is 19.5 Å². The summed E-state index contributed by atoms with van der Waals surface area (Å²) < 4.78 is 13.2. The fourth-order valence-electron chi connectivity index (χ4n) is 4.92. The van der Waals surface area contributed by atoms with Crippen LogP contribution in [0.3, 0.4) is 0 Å². The van der Waals surface area contributed by atoms with Gasteiger partial charge < -0.3 is 29.7 Å². The highest BCUT2D eigenvalue weighted by Crippen LogP contribution is 2.28. The first-order chi connectivity index (χ1) is 19.1. The number of aromatic nitrogens is 4. The zero-order valence-electron chi connectivity index (χ0n) is 21.3. The first-order valence-corrected chi connectivity index (χ1v) is 13.6. The second-order valence-corrected chi connectivity index (χ2v) is 10.2. The van der Waals surface area contributed by atoms with Crippen molar-refractivity contribution in [3.8, 4) is 0 Å². The second kappa shape index (κ2) is 11.4. The Bertz CT molecular complexity index is 1480. The van der Waals surface area contributed by atoms with E-state index in [4.69, 9.17) is 53.5 Å². The standard InChI is InChI=1S/C27H28Cl2N8O2/c28-19-6-5-18(22(29)15-19)16-37-17-21(20-3-1-2-4-23(20)37)24(34-30)25-31-26(35-7-11-38-12-8-35)33-27(32-25)36-9-13-39-14-10-36/h1-6,15,17H,7-14,16,30H2. The molecule has 0 bridgehead atoms. The van der Waals surface area contributed by atoms with E-state index in [1.165, 1.54) is 0 Å². The van der Waals surface area contributed by atoms with Crippen LogP contribution in [0.4, 0.5) is 11.9 Å². The fraction of sp³-hybridized carbons (Fsp3) is 0.333. The van der Waals surface area contributed by atoms with E-state index < -0.39 is 0 Å². The number of halogens is 2. The molecule has 12 heteroatoms. The van der Waals surface area contributed by atoms with Crippen LogP contribution in [0.5, 0.6) is 0 Å². The minimum Gasteiger partial charge on any atom is -0.378 e. The van der Waals surface area contributed by atoms with Crippen LogP contribution >= 0.6 is 23.2 Å². The largest absolute Gasteiger partial charge is 0.378 e. The molecule has 2 aliphatic heterocycles. The van der Waals surface area contributed by atoms with Crippen LogP contribution in [0.25, 0.3) is 10.9 Å². The van der Waals surface area contributed by atoms with Gasteiger partial charge in [0, 0.05) is 65.4 Å². The van der Waals surface area contributed by atoms with E-state index in [1.807, 2.05) is 36.5 Å². The molecule has 0 amide bonds. The predicted molar refractivity (Wildman–Crippen MR) is 153 cm³/mol. The smallest absolute Gasteiger partial charge is 0.230 e. The molecule has 2 saturated heterocycles. The maximum absolute atomic E-state index is 6.51. The van der Waals surface area contributed by atoms with Crippen molar-refractivity contribution in [3.63, 3.8) is 0 Å². The number of ether oxygens (including phenoxy) is 2. The Kier molecular flexibility index (Phi) is 7.51. The van der Waals surface area contributed by atoms with Crippen molar-refractivity contribution in [3.05, 3.63) is 75.7 Å². The summed E-state index contributed by atoms with van der Waals surface area (Å²) in [6.07, 6.45) is 2.02. The van der Waals surface area contributed by atoms with E-state index in [0.29, 0.717) is 92.6 Å². The zero-order chi connectivity index (χ0) is 26.8. The number of benzene rings is 2. The molecule has 4 heterocycles. The molecule has 0 aliphatic carbocycles. The van der Waals surface area contributed by atoms with Crippen LogP contribution in [0, 0.1) is 0 Å². The number of hydrazone groups is 1. The molecule has 10 nitrogen and oxygen atoms in total. The van der Waals surface area contributed by atoms with Crippen molar-refractivity contribution in [2.75, 3.05) is 62.4 Å². The van der Waals surface area contributed by atoms with Crippen LogP contribution in [0.2, 0.25) is 10.0 Å². The lowest BCUT2D eigenvalue weighted by molar-refractivity contribution is 0.121. The van der Waals surface area contributed by atoms with Crippen molar-refractivity contribution in [2.24, 2.45) is 10.9 Å². The highest BCUT2D eigenvalue weighted by molar-refractivity contribution is 6.35. The van der Waals surface area contributed by atoms with Gasteiger partial charge in [0.2, 0.25) is 11.9 Å². The number of rotatable bonds is 6. The van der Waals surface area contributed by atoms with E-state index in [1.54, 1.807) is 6.07 Å². The van der Waals surface area contributed by atoms with Crippen LogP contribution < -0.4 is 15.6 Å². The summed E-state index contributed by atoms with van der Waals surface area (Å²) in [5.41, 5.74) is 3.27. The third-order valence-electron chi connectivity index (χ3n) is 6.94.